The molecule has 3 rings (SSSR count). The number of methoxy groups -OCH3 is 1. The van der Waals surface area contributed by atoms with Crippen LogP contribution in [0.5, 0.6) is 5.75 Å². The summed E-state index contributed by atoms with van der Waals surface area (Å²) in [6.07, 6.45) is 7.40. The van der Waals surface area contributed by atoms with Gasteiger partial charge in [0.2, 0.25) is 5.91 Å². The number of hydrogen-bond donors (Lipinski definition) is 1. The highest BCUT2D eigenvalue weighted by atomic mass is 16.5. The van der Waals surface area contributed by atoms with Crippen LogP contribution >= 0.6 is 0 Å². The van der Waals surface area contributed by atoms with Crippen LogP contribution in [0.3, 0.4) is 0 Å². The van der Waals surface area contributed by atoms with Crippen LogP contribution in [0.25, 0.3) is 0 Å². The van der Waals surface area contributed by atoms with E-state index < -0.39 is 5.60 Å². The van der Waals surface area contributed by atoms with Crippen LogP contribution in [0.2, 0.25) is 0 Å². The first-order valence-electron chi connectivity index (χ1n) is 11.3. The molecule has 1 saturated carbocycles. The predicted molar refractivity (Wildman–Crippen MR) is 118 cm³/mol. The van der Waals surface area contributed by atoms with E-state index in [0.29, 0.717) is 19.1 Å². The fourth-order valence-electron chi connectivity index (χ4n) is 4.67. The van der Waals surface area contributed by atoms with Gasteiger partial charge in [0.15, 0.2) is 0 Å². The molecule has 1 amide bonds. The second-order valence-electron chi connectivity index (χ2n) is 9.12. The third-order valence-electron chi connectivity index (χ3n) is 6.59. The number of β-amino-alcohol motifs (C(OH)–C–C–N with tert-alkyl or cyclic N) is 1. The molecule has 2 fully saturated rings. The average Bonchev–Trinajstić information content (AvgIpc) is 3.09. The number of ether oxygens (including phenoxy) is 2. The zero-order valence-corrected chi connectivity index (χ0v) is 18.9. The van der Waals surface area contributed by atoms with Gasteiger partial charge < -0.3 is 19.5 Å². The second-order valence-corrected chi connectivity index (χ2v) is 9.12. The Balaban J connectivity index is 1.75. The van der Waals surface area contributed by atoms with Gasteiger partial charge in [0.25, 0.3) is 0 Å². The number of amides is 1. The first-order valence-corrected chi connectivity index (χ1v) is 11.3. The maximum atomic E-state index is 12.6. The number of aryl methyl sites for hydroxylation is 2. The van der Waals surface area contributed by atoms with E-state index in [9.17, 15) is 9.90 Å². The molecule has 1 heterocycles. The Morgan fingerprint density at radius 2 is 1.83 bits per heavy atom. The third-order valence-corrected chi connectivity index (χ3v) is 6.59. The van der Waals surface area contributed by atoms with E-state index in [1.165, 1.54) is 51.2 Å². The summed E-state index contributed by atoms with van der Waals surface area (Å²) in [5.74, 6) is 0.677. The lowest BCUT2D eigenvalue weighted by atomic mass is 10.0. The molecule has 0 radical (unpaired) electrons. The average molecular weight is 419 g/mol. The molecule has 1 aliphatic heterocycles. The van der Waals surface area contributed by atoms with Crippen molar-refractivity contribution in [2.75, 3.05) is 46.5 Å². The molecule has 1 aromatic carbocycles. The van der Waals surface area contributed by atoms with Crippen LogP contribution < -0.4 is 4.74 Å². The van der Waals surface area contributed by atoms with Crippen molar-refractivity contribution in [1.82, 2.24) is 9.80 Å². The van der Waals surface area contributed by atoms with Crippen molar-refractivity contribution < 1.29 is 19.4 Å². The lowest BCUT2D eigenvalue weighted by Gasteiger charge is -2.36. The minimum Gasteiger partial charge on any atom is -0.490 e. The Morgan fingerprint density at radius 1 is 1.10 bits per heavy atom. The normalized spacial score (nSPS) is 24.3. The summed E-state index contributed by atoms with van der Waals surface area (Å²) in [7, 11) is 1.53. The molecule has 0 unspecified atom stereocenters. The fraction of sp³-hybridized carbons (Fsp3) is 0.708. The highest BCUT2D eigenvalue weighted by molar-refractivity contribution is 5.77. The third kappa shape index (κ3) is 6.19. The van der Waals surface area contributed by atoms with Gasteiger partial charge in [-0.25, -0.2) is 0 Å². The van der Waals surface area contributed by atoms with Gasteiger partial charge in [0.05, 0.1) is 6.54 Å². The van der Waals surface area contributed by atoms with Crippen molar-refractivity contribution in [2.45, 2.75) is 64.0 Å². The molecule has 1 atom stereocenters. The SMILES string of the molecule is COCC(=O)N1CCN(C2CCCCCC2)C[C@](O)(COc2ccc(C)c(C)c2)C1. The number of carbonyl (C=O) groups is 1. The van der Waals surface area contributed by atoms with E-state index in [4.69, 9.17) is 9.47 Å². The molecular formula is C24H38N2O4. The number of benzene rings is 1. The van der Waals surface area contributed by atoms with Gasteiger partial charge in [-0.2, -0.15) is 0 Å². The number of rotatable bonds is 6. The fourth-order valence-corrected chi connectivity index (χ4v) is 4.67. The minimum atomic E-state index is -1.12. The summed E-state index contributed by atoms with van der Waals surface area (Å²) in [4.78, 5) is 16.7. The van der Waals surface area contributed by atoms with Gasteiger partial charge in [-0.1, -0.05) is 31.7 Å². The Kier molecular flexibility index (Phi) is 8.14. The summed E-state index contributed by atoms with van der Waals surface area (Å²) in [6, 6.07) is 6.46. The summed E-state index contributed by atoms with van der Waals surface area (Å²) in [6.45, 7) is 6.52. The van der Waals surface area contributed by atoms with Crippen molar-refractivity contribution in [2.24, 2.45) is 0 Å². The van der Waals surface area contributed by atoms with Crippen molar-refractivity contribution in [3.63, 3.8) is 0 Å². The molecule has 2 aliphatic rings. The topological polar surface area (TPSA) is 62.2 Å². The van der Waals surface area contributed by atoms with Gasteiger partial charge in [0.1, 0.15) is 24.6 Å². The molecule has 1 aromatic rings. The lowest BCUT2D eigenvalue weighted by molar-refractivity contribution is -0.138. The van der Waals surface area contributed by atoms with Crippen LogP contribution in [-0.2, 0) is 9.53 Å². The minimum absolute atomic E-state index is 0.0392. The Labute approximate surface area is 181 Å². The quantitative estimate of drug-likeness (QED) is 0.720. The molecule has 0 aromatic heterocycles. The number of nitrogens with zero attached hydrogens (tertiary/aromatic N) is 2. The Bertz CT molecular complexity index is 702. The highest BCUT2D eigenvalue weighted by Crippen LogP contribution is 2.26. The molecular weight excluding hydrogens is 380 g/mol. The molecule has 1 N–H and O–H groups in total. The van der Waals surface area contributed by atoms with E-state index in [-0.39, 0.29) is 25.7 Å². The second kappa shape index (κ2) is 10.6. The van der Waals surface area contributed by atoms with Crippen LogP contribution in [0, 0.1) is 13.8 Å². The zero-order chi connectivity index (χ0) is 21.6. The number of aliphatic hydroxyl groups is 1. The van der Waals surface area contributed by atoms with Gasteiger partial charge in [-0.15, -0.1) is 0 Å². The Morgan fingerprint density at radius 3 is 2.50 bits per heavy atom. The van der Waals surface area contributed by atoms with Crippen LogP contribution in [0.15, 0.2) is 18.2 Å². The predicted octanol–water partition coefficient (Wildman–Crippen LogP) is 2.93. The van der Waals surface area contributed by atoms with Gasteiger partial charge in [-0.3, -0.25) is 9.69 Å². The summed E-state index contributed by atoms with van der Waals surface area (Å²) < 4.78 is 11.1. The van der Waals surface area contributed by atoms with E-state index in [0.717, 1.165) is 17.9 Å². The zero-order valence-electron chi connectivity index (χ0n) is 18.9. The summed E-state index contributed by atoms with van der Waals surface area (Å²) >= 11 is 0. The van der Waals surface area contributed by atoms with E-state index in [1.54, 1.807) is 4.90 Å². The van der Waals surface area contributed by atoms with E-state index in [1.807, 2.05) is 18.2 Å². The molecule has 1 aliphatic carbocycles. The summed E-state index contributed by atoms with van der Waals surface area (Å²) in [5.41, 5.74) is 1.26. The van der Waals surface area contributed by atoms with E-state index in [2.05, 4.69) is 18.7 Å². The van der Waals surface area contributed by atoms with Crippen molar-refractivity contribution >= 4 is 5.91 Å². The van der Waals surface area contributed by atoms with Crippen LogP contribution in [0.1, 0.15) is 49.7 Å². The molecule has 168 valence electrons. The molecule has 0 spiro atoms. The first-order chi connectivity index (χ1) is 14.4. The van der Waals surface area contributed by atoms with Gasteiger partial charge in [0, 0.05) is 32.8 Å². The van der Waals surface area contributed by atoms with Crippen LogP contribution in [0.4, 0.5) is 0 Å². The lowest BCUT2D eigenvalue weighted by Crippen LogP contribution is -2.53. The molecule has 6 heteroatoms. The van der Waals surface area contributed by atoms with E-state index >= 15 is 0 Å². The maximum Gasteiger partial charge on any atom is 0.248 e. The van der Waals surface area contributed by atoms with Crippen molar-refractivity contribution in [1.29, 1.82) is 0 Å². The smallest absolute Gasteiger partial charge is 0.248 e. The first kappa shape index (κ1) is 23.0. The number of carbonyl (C=O) groups excluding carboxylic acids is 1. The molecule has 0 bridgehead atoms. The summed E-state index contributed by atoms with van der Waals surface area (Å²) in [5, 5.41) is 11.6. The highest BCUT2D eigenvalue weighted by Gasteiger charge is 2.39. The molecule has 6 nitrogen and oxygen atoms in total. The maximum absolute atomic E-state index is 12.6. The molecule has 1 saturated heterocycles. The van der Waals surface area contributed by atoms with Gasteiger partial charge in [-0.05, 0) is 49.9 Å². The standard InChI is InChI=1S/C24H38N2O4/c1-19-10-11-22(14-20(19)2)30-18-24(28)16-25(21-8-6-4-5-7-9-21)12-13-26(17-24)23(27)15-29-3/h10-11,14,21,28H,4-9,12-13,15-18H2,1-3H3/t24-/m1/s1. The van der Waals surface area contributed by atoms with Crippen molar-refractivity contribution in [3.8, 4) is 5.75 Å². The van der Waals surface area contributed by atoms with Gasteiger partial charge >= 0.3 is 0 Å². The van der Waals surface area contributed by atoms with Crippen LogP contribution in [-0.4, -0.2) is 79.0 Å². The monoisotopic (exact) mass is 418 g/mol. The number of hydrogen-bond acceptors (Lipinski definition) is 5. The molecule has 30 heavy (non-hydrogen) atoms. The Hall–Kier alpha value is -1.63. The van der Waals surface area contributed by atoms with Crippen molar-refractivity contribution in [3.05, 3.63) is 29.3 Å². The largest absolute Gasteiger partial charge is 0.490 e.